The summed E-state index contributed by atoms with van der Waals surface area (Å²) >= 11 is 0. The van der Waals surface area contributed by atoms with Crippen molar-refractivity contribution in [2.45, 2.75) is 24.9 Å². The number of aliphatic hydroxyl groups is 3. The van der Waals surface area contributed by atoms with Crippen LogP contribution in [0, 0.1) is 0 Å². The van der Waals surface area contributed by atoms with E-state index in [0.29, 0.717) is 5.69 Å². The lowest BCUT2D eigenvalue weighted by Crippen LogP contribution is -2.42. The fourth-order valence-corrected chi connectivity index (χ4v) is 2.56. The van der Waals surface area contributed by atoms with Crippen molar-refractivity contribution in [3.63, 3.8) is 0 Å². The van der Waals surface area contributed by atoms with Gasteiger partial charge in [0, 0.05) is 6.54 Å². The van der Waals surface area contributed by atoms with Gasteiger partial charge in [0.1, 0.15) is 30.6 Å². The molecule has 0 bridgehead atoms. The molecule has 9 heteroatoms. The van der Waals surface area contributed by atoms with Crippen LogP contribution in [0.2, 0.25) is 0 Å². The predicted molar refractivity (Wildman–Crippen MR) is 103 cm³/mol. The molecule has 1 amide bonds. The SMILES string of the molecule is O=C(NC[C@@H](O)[C@H](O)[C@H](O)c1cnn(-c2ccccc2)n1)OCc1ccccc1. The van der Waals surface area contributed by atoms with Crippen LogP contribution in [-0.4, -0.2) is 55.2 Å². The number of hydrogen-bond acceptors (Lipinski definition) is 7. The zero-order valence-electron chi connectivity index (χ0n) is 15.5. The van der Waals surface area contributed by atoms with Crippen molar-refractivity contribution in [3.8, 4) is 5.69 Å². The zero-order valence-corrected chi connectivity index (χ0v) is 15.5. The zero-order chi connectivity index (χ0) is 20.6. The number of benzene rings is 2. The van der Waals surface area contributed by atoms with Crippen molar-refractivity contribution < 1.29 is 24.9 Å². The first-order valence-electron chi connectivity index (χ1n) is 9.01. The highest BCUT2D eigenvalue weighted by molar-refractivity contribution is 5.67. The Kier molecular flexibility index (Phi) is 6.90. The molecule has 0 saturated heterocycles. The van der Waals surface area contributed by atoms with Crippen molar-refractivity contribution in [2.24, 2.45) is 0 Å². The molecule has 0 saturated carbocycles. The smallest absolute Gasteiger partial charge is 0.407 e. The Hall–Kier alpha value is -3.27. The van der Waals surface area contributed by atoms with Crippen LogP contribution < -0.4 is 5.32 Å². The van der Waals surface area contributed by atoms with Crippen molar-refractivity contribution in [2.75, 3.05) is 6.54 Å². The third-order valence-corrected chi connectivity index (χ3v) is 4.19. The van der Waals surface area contributed by atoms with Crippen molar-refractivity contribution in [1.82, 2.24) is 20.3 Å². The summed E-state index contributed by atoms with van der Waals surface area (Å²) in [6, 6.07) is 18.2. The van der Waals surface area contributed by atoms with Gasteiger partial charge in [-0.25, -0.2) is 4.79 Å². The molecular formula is C20H22N4O5. The van der Waals surface area contributed by atoms with Crippen molar-refractivity contribution in [3.05, 3.63) is 78.1 Å². The van der Waals surface area contributed by atoms with Crippen LogP contribution in [0.3, 0.4) is 0 Å². The number of nitrogens with zero attached hydrogens (tertiary/aromatic N) is 3. The molecule has 0 aliphatic rings. The molecule has 0 aliphatic carbocycles. The second-order valence-electron chi connectivity index (χ2n) is 6.34. The molecule has 0 aliphatic heterocycles. The number of hydrogen-bond donors (Lipinski definition) is 4. The molecule has 4 N–H and O–H groups in total. The molecule has 3 aromatic rings. The maximum absolute atomic E-state index is 11.7. The number of aliphatic hydroxyl groups excluding tert-OH is 3. The number of ether oxygens (including phenoxy) is 1. The van der Waals surface area contributed by atoms with Gasteiger partial charge in [-0.15, -0.1) is 0 Å². The minimum atomic E-state index is -1.58. The number of amides is 1. The number of carbonyl (C=O) groups excluding carboxylic acids is 1. The minimum Gasteiger partial charge on any atom is -0.445 e. The largest absolute Gasteiger partial charge is 0.445 e. The molecule has 0 spiro atoms. The minimum absolute atomic E-state index is 0.0799. The van der Waals surface area contributed by atoms with Crippen molar-refractivity contribution in [1.29, 1.82) is 0 Å². The second-order valence-corrected chi connectivity index (χ2v) is 6.34. The third kappa shape index (κ3) is 5.61. The lowest BCUT2D eigenvalue weighted by Gasteiger charge is -2.21. The Balaban J connectivity index is 1.48. The predicted octanol–water partition coefficient (Wildman–Crippen LogP) is 0.949. The normalized spacial score (nSPS) is 14.0. The third-order valence-electron chi connectivity index (χ3n) is 4.19. The molecule has 152 valence electrons. The van der Waals surface area contributed by atoms with Crippen LogP contribution >= 0.6 is 0 Å². The molecule has 29 heavy (non-hydrogen) atoms. The van der Waals surface area contributed by atoms with Crippen LogP contribution in [0.5, 0.6) is 0 Å². The van der Waals surface area contributed by atoms with E-state index >= 15 is 0 Å². The van der Waals surface area contributed by atoms with E-state index in [-0.39, 0.29) is 18.8 Å². The van der Waals surface area contributed by atoms with Gasteiger partial charge in [0.2, 0.25) is 0 Å². The van der Waals surface area contributed by atoms with E-state index in [0.717, 1.165) is 5.56 Å². The Bertz CT molecular complexity index is 904. The topological polar surface area (TPSA) is 130 Å². The van der Waals surface area contributed by atoms with Crippen LogP contribution in [0.4, 0.5) is 4.79 Å². The lowest BCUT2D eigenvalue weighted by atomic mass is 10.1. The van der Waals surface area contributed by atoms with Gasteiger partial charge in [-0.3, -0.25) is 0 Å². The summed E-state index contributed by atoms with van der Waals surface area (Å²) in [6.07, 6.45) is -3.94. The van der Waals surface area contributed by atoms with Gasteiger partial charge in [-0.2, -0.15) is 15.0 Å². The van der Waals surface area contributed by atoms with Gasteiger partial charge in [0.15, 0.2) is 0 Å². The van der Waals surface area contributed by atoms with E-state index in [1.165, 1.54) is 11.0 Å². The highest BCUT2D eigenvalue weighted by atomic mass is 16.5. The molecular weight excluding hydrogens is 376 g/mol. The Labute approximate surface area is 167 Å². The van der Waals surface area contributed by atoms with Crippen LogP contribution in [-0.2, 0) is 11.3 Å². The van der Waals surface area contributed by atoms with Crippen LogP contribution in [0.25, 0.3) is 5.69 Å². The summed E-state index contributed by atoms with van der Waals surface area (Å²) in [6.45, 7) is -0.227. The lowest BCUT2D eigenvalue weighted by molar-refractivity contribution is -0.0607. The first-order chi connectivity index (χ1) is 14.0. The van der Waals surface area contributed by atoms with E-state index in [1.54, 1.807) is 12.1 Å². The highest BCUT2D eigenvalue weighted by Gasteiger charge is 2.28. The first-order valence-corrected chi connectivity index (χ1v) is 9.01. The van der Waals surface area contributed by atoms with E-state index in [2.05, 4.69) is 15.5 Å². The first kappa shape index (κ1) is 20.5. The Morgan fingerprint density at radius 2 is 1.69 bits per heavy atom. The Morgan fingerprint density at radius 3 is 2.38 bits per heavy atom. The summed E-state index contributed by atoms with van der Waals surface area (Å²) in [5, 5.41) is 41.0. The fourth-order valence-electron chi connectivity index (χ4n) is 2.56. The summed E-state index contributed by atoms with van der Waals surface area (Å²) in [7, 11) is 0. The van der Waals surface area contributed by atoms with E-state index in [4.69, 9.17) is 4.74 Å². The van der Waals surface area contributed by atoms with Crippen LogP contribution in [0.1, 0.15) is 17.4 Å². The maximum atomic E-state index is 11.7. The quantitative estimate of drug-likeness (QED) is 0.444. The van der Waals surface area contributed by atoms with Crippen molar-refractivity contribution >= 4 is 6.09 Å². The highest BCUT2D eigenvalue weighted by Crippen LogP contribution is 2.17. The molecule has 1 heterocycles. The molecule has 9 nitrogen and oxygen atoms in total. The molecule has 2 aromatic carbocycles. The number of alkyl carbamates (subject to hydrolysis) is 1. The van der Waals surface area contributed by atoms with E-state index in [9.17, 15) is 20.1 Å². The van der Waals surface area contributed by atoms with E-state index in [1.807, 2.05) is 48.5 Å². The maximum Gasteiger partial charge on any atom is 0.407 e. The molecule has 3 atom stereocenters. The number of rotatable bonds is 8. The fraction of sp³-hybridized carbons (Fsp3) is 0.250. The van der Waals surface area contributed by atoms with E-state index < -0.39 is 24.4 Å². The van der Waals surface area contributed by atoms with Gasteiger partial charge < -0.3 is 25.4 Å². The standard InChI is InChI=1S/C20H22N4O5/c25-17(12-21-20(28)29-13-14-7-3-1-4-8-14)19(27)18(26)16-11-22-24(23-16)15-9-5-2-6-10-15/h1-11,17-19,25-27H,12-13H2,(H,21,28)/t17-,18-,19+/m1/s1. The summed E-state index contributed by atoms with van der Waals surface area (Å²) < 4.78 is 5.02. The number of carbonyl (C=O) groups is 1. The number of nitrogens with one attached hydrogen (secondary N) is 1. The van der Waals surface area contributed by atoms with Crippen LogP contribution in [0.15, 0.2) is 66.9 Å². The van der Waals surface area contributed by atoms with Gasteiger partial charge in [0.05, 0.1) is 11.9 Å². The second kappa shape index (κ2) is 9.78. The molecule has 1 aromatic heterocycles. The monoisotopic (exact) mass is 398 g/mol. The summed E-state index contributed by atoms with van der Waals surface area (Å²) in [5.41, 5.74) is 1.59. The number of aromatic nitrogens is 3. The van der Waals surface area contributed by atoms with Gasteiger partial charge in [0.25, 0.3) is 0 Å². The molecule has 0 radical (unpaired) electrons. The number of para-hydroxylation sites is 1. The summed E-state index contributed by atoms with van der Waals surface area (Å²) in [5.74, 6) is 0. The average molecular weight is 398 g/mol. The summed E-state index contributed by atoms with van der Waals surface area (Å²) in [4.78, 5) is 13.0. The molecule has 0 fully saturated rings. The molecule has 0 unspecified atom stereocenters. The molecule has 3 rings (SSSR count). The average Bonchev–Trinajstić information content (AvgIpc) is 3.26. The van der Waals surface area contributed by atoms with Gasteiger partial charge in [-0.05, 0) is 17.7 Å². The van der Waals surface area contributed by atoms with Gasteiger partial charge >= 0.3 is 6.09 Å². The van der Waals surface area contributed by atoms with Gasteiger partial charge in [-0.1, -0.05) is 48.5 Å². The Morgan fingerprint density at radius 1 is 1.03 bits per heavy atom.